The van der Waals surface area contributed by atoms with Crippen molar-refractivity contribution in [2.45, 2.75) is 31.8 Å². The highest BCUT2D eigenvalue weighted by atomic mass is 35.5. The van der Waals surface area contributed by atoms with E-state index in [9.17, 15) is 8.42 Å². The van der Waals surface area contributed by atoms with Gasteiger partial charge >= 0.3 is 0 Å². The zero-order valence-electron chi connectivity index (χ0n) is 10.4. The van der Waals surface area contributed by atoms with Crippen molar-refractivity contribution in [2.24, 2.45) is 7.05 Å². The van der Waals surface area contributed by atoms with Gasteiger partial charge in [-0.25, -0.2) is 13.4 Å². The standard InChI is InChI=1S/C11H18ClN3O2S/c1-14-7-6-13-11(14)9-15(10-3-4-10)18(16,17)8-2-5-12/h6-7,10H,2-5,8-9H2,1H3. The Bertz CT molecular complexity index is 496. The van der Waals surface area contributed by atoms with E-state index in [0.717, 1.165) is 18.7 Å². The molecule has 0 unspecified atom stereocenters. The zero-order valence-corrected chi connectivity index (χ0v) is 12.0. The highest BCUT2D eigenvalue weighted by Crippen LogP contribution is 2.31. The quantitative estimate of drug-likeness (QED) is 0.713. The summed E-state index contributed by atoms with van der Waals surface area (Å²) in [5, 5.41) is 0. The van der Waals surface area contributed by atoms with Gasteiger partial charge in [-0.2, -0.15) is 4.31 Å². The second-order valence-electron chi connectivity index (χ2n) is 4.59. The second-order valence-corrected chi connectivity index (χ2v) is 7.01. The molecule has 1 aliphatic rings. The van der Waals surface area contributed by atoms with Crippen LogP contribution < -0.4 is 0 Å². The Kier molecular flexibility index (Phi) is 4.29. The smallest absolute Gasteiger partial charge is 0.214 e. The summed E-state index contributed by atoms with van der Waals surface area (Å²) in [4.78, 5) is 4.19. The number of sulfonamides is 1. The monoisotopic (exact) mass is 291 g/mol. The molecule has 1 heterocycles. The van der Waals surface area contributed by atoms with E-state index >= 15 is 0 Å². The number of aryl methyl sites for hydroxylation is 1. The first-order valence-electron chi connectivity index (χ1n) is 6.06. The van der Waals surface area contributed by atoms with Gasteiger partial charge in [0.05, 0.1) is 12.3 Å². The van der Waals surface area contributed by atoms with Gasteiger partial charge in [0, 0.05) is 31.4 Å². The number of alkyl halides is 1. The van der Waals surface area contributed by atoms with Crippen molar-refractivity contribution in [1.82, 2.24) is 13.9 Å². The van der Waals surface area contributed by atoms with Crippen LogP contribution in [0.3, 0.4) is 0 Å². The van der Waals surface area contributed by atoms with Crippen molar-refractivity contribution in [2.75, 3.05) is 11.6 Å². The maximum absolute atomic E-state index is 12.2. The molecule has 18 heavy (non-hydrogen) atoms. The lowest BCUT2D eigenvalue weighted by atomic mass is 10.5. The van der Waals surface area contributed by atoms with Gasteiger partial charge in [0.2, 0.25) is 10.0 Å². The van der Waals surface area contributed by atoms with Crippen LogP contribution in [0.2, 0.25) is 0 Å². The fraction of sp³-hybridized carbons (Fsp3) is 0.727. The summed E-state index contributed by atoms with van der Waals surface area (Å²) in [7, 11) is -1.34. The molecule has 5 nitrogen and oxygen atoms in total. The third-order valence-electron chi connectivity index (χ3n) is 3.07. The van der Waals surface area contributed by atoms with Gasteiger partial charge < -0.3 is 4.57 Å². The van der Waals surface area contributed by atoms with Gasteiger partial charge in [-0.05, 0) is 19.3 Å². The van der Waals surface area contributed by atoms with Crippen molar-refractivity contribution < 1.29 is 8.42 Å². The first-order valence-corrected chi connectivity index (χ1v) is 8.20. The van der Waals surface area contributed by atoms with Crippen LogP contribution in [0.15, 0.2) is 12.4 Å². The molecule has 0 amide bonds. The Morgan fingerprint density at radius 1 is 1.56 bits per heavy atom. The summed E-state index contributed by atoms with van der Waals surface area (Å²) < 4.78 is 27.9. The fourth-order valence-corrected chi connectivity index (χ4v) is 3.87. The van der Waals surface area contributed by atoms with Crippen molar-refractivity contribution >= 4 is 21.6 Å². The average Bonchev–Trinajstić information content (AvgIpc) is 3.08. The molecular formula is C11H18ClN3O2S. The van der Waals surface area contributed by atoms with Crippen molar-refractivity contribution in [3.05, 3.63) is 18.2 Å². The molecule has 0 aromatic carbocycles. The van der Waals surface area contributed by atoms with E-state index in [1.54, 1.807) is 10.5 Å². The minimum absolute atomic E-state index is 0.122. The lowest BCUT2D eigenvalue weighted by molar-refractivity contribution is 0.385. The lowest BCUT2D eigenvalue weighted by Gasteiger charge is -2.21. The van der Waals surface area contributed by atoms with Gasteiger partial charge in [-0.1, -0.05) is 0 Å². The Balaban J connectivity index is 2.11. The average molecular weight is 292 g/mol. The minimum atomic E-state index is -3.22. The number of aromatic nitrogens is 2. The van der Waals surface area contributed by atoms with Crippen LogP contribution in [-0.4, -0.2) is 39.9 Å². The van der Waals surface area contributed by atoms with Crippen LogP contribution in [-0.2, 0) is 23.6 Å². The largest absolute Gasteiger partial charge is 0.337 e. The molecule has 0 aliphatic heterocycles. The summed E-state index contributed by atoms with van der Waals surface area (Å²) in [6.45, 7) is 0.360. The SMILES string of the molecule is Cn1ccnc1CN(C1CC1)S(=O)(=O)CCCCl. The summed E-state index contributed by atoms with van der Waals surface area (Å²) in [6.07, 6.45) is 5.90. The predicted molar refractivity (Wildman–Crippen MR) is 70.9 cm³/mol. The number of imidazole rings is 1. The van der Waals surface area contributed by atoms with E-state index in [-0.39, 0.29) is 11.8 Å². The molecule has 1 aliphatic carbocycles. The van der Waals surface area contributed by atoms with Gasteiger partial charge in [-0.3, -0.25) is 0 Å². The molecule has 1 aromatic rings. The summed E-state index contributed by atoms with van der Waals surface area (Å²) >= 11 is 5.58. The Labute approximate surface area is 113 Å². The number of nitrogens with zero attached hydrogens (tertiary/aromatic N) is 3. The molecule has 0 spiro atoms. The molecule has 1 saturated carbocycles. The molecule has 1 fully saturated rings. The third-order valence-corrected chi connectivity index (χ3v) is 5.28. The number of hydrogen-bond donors (Lipinski definition) is 0. The first kappa shape index (κ1) is 13.8. The molecule has 2 rings (SSSR count). The second kappa shape index (κ2) is 5.59. The Morgan fingerprint density at radius 3 is 2.78 bits per heavy atom. The van der Waals surface area contributed by atoms with Crippen LogP contribution >= 0.6 is 11.6 Å². The maximum Gasteiger partial charge on any atom is 0.214 e. The van der Waals surface area contributed by atoms with Crippen LogP contribution in [0.1, 0.15) is 25.1 Å². The molecule has 1 aromatic heterocycles. The van der Waals surface area contributed by atoms with E-state index in [4.69, 9.17) is 11.6 Å². The topological polar surface area (TPSA) is 55.2 Å². The maximum atomic E-state index is 12.2. The molecule has 102 valence electrons. The Hall–Kier alpha value is -0.590. The van der Waals surface area contributed by atoms with Crippen molar-refractivity contribution in [3.8, 4) is 0 Å². The first-order chi connectivity index (χ1) is 8.54. The summed E-state index contributed by atoms with van der Waals surface area (Å²) in [6, 6.07) is 0.155. The fourth-order valence-electron chi connectivity index (χ4n) is 1.86. The molecule has 0 N–H and O–H groups in total. The molecule has 7 heteroatoms. The van der Waals surface area contributed by atoms with E-state index in [2.05, 4.69) is 4.98 Å². The van der Waals surface area contributed by atoms with Crippen molar-refractivity contribution in [1.29, 1.82) is 0 Å². The number of rotatable bonds is 7. The van der Waals surface area contributed by atoms with Crippen LogP contribution in [0, 0.1) is 0 Å². The summed E-state index contributed by atoms with van der Waals surface area (Å²) in [5.41, 5.74) is 0. The molecule has 0 atom stereocenters. The minimum Gasteiger partial charge on any atom is -0.337 e. The lowest BCUT2D eigenvalue weighted by Crippen LogP contribution is -2.35. The van der Waals surface area contributed by atoms with Crippen LogP contribution in [0.25, 0.3) is 0 Å². The molecular weight excluding hydrogens is 274 g/mol. The Morgan fingerprint density at radius 2 is 2.28 bits per heavy atom. The van der Waals surface area contributed by atoms with Crippen LogP contribution in [0.5, 0.6) is 0 Å². The van der Waals surface area contributed by atoms with Gasteiger partial charge in [0.15, 0.2) is 0 Å². The van der Waals surface area contributed by atoms with E-state index < -0.39 is 10.0 Å². The predicted octanol–water partition coefficient (Wildman–Crippen LogP) is 1.34. The summed E-state index contributed by atoms with van der Waals surface area (Å²) in [5.74, 6) is 1.27. The van der Waals surface area contributed by atoms with Crippen molar-refractivity contribution in [3.63, 3.8) is 0 Å². The highest BCUT2D eigenvalue weighted by molar-refractivity contribution is 7.89. The molecule has 0 radical (unpaired) electrons. The van der Waals surface area contributed by atoms with Crippen LogP contribution in [0.4, 0.5) is 0 Å². The highest BCUT2D eigenvalue weighted by Gasteiger charge is 2.37. The number of hydrogen-bond acceptors (Lipinski definition) is 3. The van der Waals surface area contributed by atoms with E-state index in [1.165, 1.54) is 0 Å². The molecule has 0 bridgehead atoms. The zero-order chi connectivity index (χ0) is 13.2. The van der Waals surface area contributed by atoms with Gasteiger partial charge in [0.1, 0.15) is 5.82 Å². The third kappa shape index (κ3) is 3.24. The molecule has 0 saturated heterocycles. The van der Waals surface area contributed by atoms with Gasteiger partial charge in [-0.15, -0.1) is 11.6 Å². The van der Waals surface area contributed by atoms with E-state index in [1.807, 2.05) is 17.8 Å². The normalized spacial score (nSPS) is 16.4. The number of halogens is 1. The van der Waals surface area contributed by atoms with E-state index in [0.29, 0.717) is 18.8 Å². The van der Waals surface area contributed by atoms with Gasteiger partial charge in [0.25, 0.3) is 0 Å².